The molecule has 0 unspecified atom stereocenters. The molecule has 2 amide bonds. The van der Waals surface area contributed by atoms with Gasteiger partial charge in [0, 0.05) is 31.1 Å². The van der Waals surface area contributed by atoms with Crippen molar-refractivity contribution >= 4 is 29.1 Å². The maximum Gasteiger partial charge on any atom is 0.270 e. The highest BCUT2D eigenvalue weighted by atomic mass is 35.5. The summed E-state index contributed by atoms with van der Waals surface area (Å²) in [4.78, 5) is 33.9. The number of carbonyl (C=O) groups is 2. The number of hydrogen-bond acceptors (Lipinski definition) is 4. The first kappa shape index (κ1) is 18.2. The third-order valence-corrected chi connectivity index (χ3v) is 4.33. The number of benzene rings is 1. The molecule has 8 heteroatoms. The molecule has 24 heavy (non-hydrogen) atoms. The van der Waals surface area contributed by atoms with E-state index in [1.54, 1.807) is 0 Å². The molecule has 0 bridgehead atoms. The highest BCUT2D eigenvalue weighted by Crippen LogP contribution is 2.22. The van der Waals surface area contributed by atoms with Gasteiger partial charge in [-0.2, -0.15) is 0 Å². The quantitative estimate of drug-likeness (QED) is 0.606. The number of rotatable bonds is 6. The molecule has 0 saturated heterocycles. The fourth-order valence-electron chi connectivity index (χ4n) is 2.73. The van der Waals surface area contributed by atoms with Crippen molar-refractivity contribution in [2.24, 2.45) is 0 Å². The summed E-state index contributed by atoms with van der Waals surface area (Å²) in [5, 5.41) is 16.2. The molecule has 2 rings (SSSR count). The van der Waals surface area contributed by atoms with E-state index in [1.165, 1.54) is 18.6 Å². The van der Waals surface area contributed by atoms with E-state index in [1.807, 2.05) is 0 Å². The highest BCUT2D eigenvalue weighted by molar-refractivity contribution is 6.34. The van der Waals surface area contributed by atoms with Crippen LogP contribution in [0.3, 0.4) is 0 Å². The first-order valence-electron chi connectivity index (χ1n) is 7.99. The Balaban J connectivity index is 1.78. The van der Waals surface area contributed by atoms with Crippen LogP contribution in [0.5, 0.6) is 0 Å². The lowest BCUT2D eigenvalue weighted by Crippen LogP contribution is -2.38. The van der Waals surface area contributed by atoms with Gasteiger partial charge in [0.1, 0.15) is 0 Å². The van der Waals surface area contributed by atoms with Gasteiger partial charge in [0.2, 0.25) is 5.91 Å². The van der Waals surface area contributed by atoms with Gasteiger partial charge in [-0.1, -0.05) is 30.9 Å². The Kier molecular flexibility index (Phi) is 6.54. The van der Waals surface area contributed by atoms with Gasteiger partial charge in [-0.15, -0.1) is 0 Å². The third kappa shape index (κ3) is 5.19. The first-order chi connectivity index (χ1) is 11.5. The summed E-state index contributed by atoms with van der Waals surface area (Å²) in [7, 11) is 0. The molecule has 0 atom stereocenters. The van der Waals surface area contributed by atoms with Gasteiger partial charge < -0.3 is 10.6 Å². The zero-order valence-electron chi connectivity index (χ0n) is 13.2. The van der Waals surface area contributed by atoms with Crippen LogP contribution in [0, 0.1) is 10.1 Å². The lowest BCUT2D eigenvalue weighted by atomic mass is 9.95. The molecular formula is C16H20ClN3O4. The molecule has 0 radical (unpaired) electrons. The van der Waals surface area contributed by atoms with E-state index in [2.05, 4.69) is 10.6 Å². The van der Waals surface area contributed by atoms with Crippen molar-refractivity contribution in [3.63, 3.8) is 0 Å². The SMILES string of the molecule is O=C(CCNC(=O)c1ccc([N+](=O)[O-])cc1Cl)NC1CCCCC1. The molecule has 1 aliphatic rings. The fourth-order valence-corrected chi connectivity index (χ4v) is 2.99. The van der Waals surface area contributed by atoms with Crippen LogP contribution in [-0.2, 0) is 4.79 Å². The molecule has 0 spiro atoms. The van der Waals surface area contributed by atoms with E-state index < -0.39 is 10.8 Å². The van der Waals surface area contributed by atoms with Crippen molar-refractivity contribution in [1.82, 2.24) is 10.6 Å². The second-order valence-corrected chi connectivity index (χ2v) is 6.24. The summed E-state index contributed by atoms with van der Waals surface area (Å²) < 4.78 is 0. The number of nitro groups is 1. The zero-order chi connectivity index (χ0) is 17.5. The zero-order valence-corrected chi connectivity index (χ0v) is 14.0. The molecule has 130 valence electrons. The predicted molar refractivity (Wildman–Crippen MR) is 90.1 cm³/mol. The third-order valence-electron chi connectivity index (χ3n) is 4.02. The summed E-state index contributed by atoms with van der Waals surface area (Å²) in [6.45, 7) is 0.185. The smallest absolute Gasteiger partial charge is 0.270 e. The molecule has 7 nitrogen and oxygen atoms in total. The number of amides is 2. The number of nitro benzene ring substituents is 1. The lowest BCUT2D eigenvalue weighted by Gasteiger charge is -2.22. The number of halogens is 1. The summed E-state index contributed by atoms with van der Waals surface area (Å²) >= 11 is 5.89. The van der Waals surface area contributed by atoms with Crippen LogP contribution >= 0.6 is 11.6 Å². The maximum absolute atomic E-state index is 12.0. The Morgan fingerprint density at radius 2 is 1.96 bits per heavy atom. The number of non-ortho nitro benzene ring substituents is 1. The minimum Gasteiger partial charge on any atom is -0.353 e. The number of carbonyl (C=O) groups excluding carboxylic acids is 2. The van der Waals surface area contributed by atoms with E-state index in [4.69, 9.17) is 11.6 Å². The van der Waals surface area contributed by atoms with Crippen LogP contribution < -0.4 is 10.6 Å². The molecule has 1 aromatic carbocycles. The van der Waals surface area contributed by atoms with Crippen LogP contribution in [0.15, 0.2) is 18.2 Å². The average molecular weight is 354 g/mol. The molecule has 1 aromatic rings. The molecular weight excluding hydrogens is 334 g/mol. The Morgan fingerprint density at radius 3 is 2.58 bits per heavy atom. The van der Waals surface area contributed by atoms with Gasteiger partial charge >= 0.3 is 0 Å². The number of nitrogens with one attached hydrogen (secondary N) is 2. The van der Waals surface area contributed by atoms with E-state index in [0.29, 0.717) is 0 Å². The summed E-state index contributed by atoms with van der Waals surface area (Å²) in [6, 6.07) is 3.90. The second-order valence-electron chi connectivity index (χ2n) is 5.83. The largest absolute Gasteiger partial charge is 0.353 e. The minimum atomic E-state index is -0.580. The lowest BCUT2D eigenvalue weighted by molar-refractivity contribution is -0.384. The monoisotopic (exact) mass is 353 g/mol. The number of hydrogen-bond donors (Lipinski definition) is 2. The van der Waals surface area contributed by atoms with Crippen molar-refractivity contribution in [3.8, 4) is 0 Å². The van der Waals surface area contributed by atoms with Gasteiger partial charge in [-0.05, 0) is 18.9 Å². The van der Waals surface area contributed by atoms with Gasteiger partial charge in [0.25, 0.3) is 11.6 Å². The van der Waals surface area contributed by atoms with Crippen LogP contribution in [0.4, 0.5) is 5.69 Å². The molecule has 1 saturated carbocycles. The molecule has 1 fully saturated rings. The molecule has 0 aromatic heterocycles. The first-order valence-corrected chi connectivity index (χ1v) is 8.36. The summed E-state index contributed by atoms with van der Waals surface area (Å²) in [5.41, 5.74) is -0.0293. The summed E-state index contributed by atoms with van der Waals surface area (Å²) in [5.74, 6) is -0.544. The Bertz CT molecular complexity index is 630. The van der Waals surface area contributed by atoms with E-state index >= 15 is 0 Å². The summed E-state index contributed by atoms with van der Waals surface area (Å²) in [6.07, 6.45) is 5.71. The number of nitrogens with zero attached hydrogens (tertiary/aromatic N) is 1. The topological polar surface area (TPSA) is 101 Å². The van der Waals surface area contributed by atoms with Crippen molar-refractivity contribution < 1.29 is 14.5 Å². The predicted octanol–water partition coefficient (Wildman–Crippen LogP) is 2.82. The van der Waals surface area contributed by atoms with Crippen LogP contribution in [0.25, 0.3) is 0 Å². The molecule has 0 heterocycles. The van der Waals surface area contributed by atoms with Crippen molar-refractivity contribution in [3.05, 3.63) is 38.9 Å². The molecule has 0 aliphatic heterocycles. The van der Waals surface area contributed by atoms with Crippen LogP contribution in [-0.4, -0.2) is 29.3 Å². The minimum absolute atomic E-state index is 0.00774. The Morgan fingerprint density at radius 1 is 1.25 bits per heavy atom. The van der Waals surface area contributed by atoms with Gasteiger partial charge in [0.05, 0.1) is 15.5 Å². The highest BCUT2D eigenvalue weighted by Gasteiger charge is 2.17. The maximum atomic E-state index is 12.0. The standard InChI is InChI=1S/C16H20ClN3O4/c17-14-10-12(20(23)24)6-7-13(14)16(22)18-9-8-15(21)19-11-4-2-1-3-5-11/h6-7,10-11H,1-5,8-9H2,(H,18,22)(H,19,21). The van der Waals surface area contributed by atoms with Crippen molar-refractivity contribution in [1.29, 1.82) is 0 Å². The van der Waals surface area contributed by atoms with Gasteiger partial charge in [-0.25, -0.2) is 0 Å². The second kappa shape index (κ2) is 8.63. The van der Waals surface area contributed by atoms with E-state index in [9.17, 15) is 19.7 Å². The fraction of sp³-hybridized carbons (Fsp3) is 0.500. The Labute approximate surface area is 144 Å². The average Bonchev–Trinajstić information content (AvgIpc) is 2.55. The van der Waals surface area contributed by atoms with Crippen LogP contribution in [0.1, 0.15) is 48.9 Å². The van der Waals surface area contributed by atoms with Crippen LogP contribution in [0.2, 0.25) is 5.02 Å². The molecule has 2 N–H and O–H groups in total. The van der Waals surface area contributed by atoms with Crippen molar-refractivity contribution in [2.75, 3.05) is 6.54 Å². The Hall–Kier alpha value is -2.15. The van der Waals surface area contributed by atoms with Gasteiger partial charge in [0.15, 0.2) is 0 Å². The van der Waals surface area contributed by atoms with E-state index in [0.717, 1.165) is 31.7 Å². The van der Waals surface area contributed by atoms with Crippen molar-refractivity contribution in [2.45, 2.75) is 44.6 Å². The normalized spacial score (nSPS) is 14.9. The molecule has 1 aliphatic carbocycles. The van der Waals surface area contributed by atoms with Gasteiger partial charge in [-0.3, -0.25) is 19.7 Å². The van der Waals surface area contributed by atoms with E-state index in [-0.39, 0.29) is 41.2 Å².